The van der Waals surface area contributed by atoms with E-state index in [1.165, 1.54) is 0 Å². The summed E-state index contributed by atoms with van der Waals surface area (Å²) in [6.07, 6.45) is 0. The van der Waals surface area contributed by atoms with Gasteiger partial charge in [0.05, 0.1) is 18.8 Å². The van der Waals surface area contributed by atoms with E-state index in [0.29, 0.717) is 6.61 Å². The van der Waals surface area contributed by atoms with Crippen molar-refractivity contribution < 1.29 is 9.47 Å². The fourth-order valence-electron chi connectivity index (χ4n) is 2.20. The van der Waals surface area contributed by atoms with E-state index in [0.717, 1.165) is 22.4 Å². The van der Waals surface area contributed by atoms with Gasteiger partial charge in [-0.25, -0.2) is 0 Å². The van der Waals surface area contributed by atoms with E-state index >= 15 is 0 Å². The van der Waals surface area contributed by atoms with Crippen molar-refractivity contribution in [3.63, 3.8) is 0 Å². The molecule has 0 saturated carbocycles. The monoisotopic (exact) mass is 251 g/mol. The molecule has 2 N–H and O–H groups in total. The molecule has 0 aliphatic heterocycles. The molecule has 0 radical (unpaired) electrons. The normalized spacial score (nSPS) is 13.5. The molecule has 1 aromatic rings. The highest BCUT2D eigenvalue weighted by Gasteiger charge is 2.29. The van der Waals surface area contributed by atoms with Crippen molar-refractivity contribution >= 4 is 0 Å². The van der Waals surface area contributed by atoms with E-state index in [9.17, 15) is 0 Å². The zero-order valence-corrected chi connectivity index (χ0v) is 12.3. The first-order valence-electron chi connectivity index (χ1n) is 6.38. The van der Waals surface area contributed by atoms with Crippen LogP contribution < -0.4 is 10.5 Å². The van der Waals surface area contributed by atoms with Crippen LogP contribution in [0.3, 0.4) is 0 Å². The Hall–Kier alpha value is -1.06. The lowest BCUT2D eigenvalue weighted by Gasteiger charge is -2.33. The zero-order chi connectivity index (χ0) is 13.9. The van der Waals surface area contributed by atoms with Gasteiger partial charge in [0.15, 0.2) is 0 Å². The minimum absolute atomic E-state index is 0.151. The van der Waals surface area contributed by atoms with Gasteiger partial charge in [0, 0.05) is 6.61 Å². The average Bonchev–Trinajstić information content (AvgIpc) is 2.30. The first-order valence-corrected chi connectivity index (χ1v) is 6.38. The molecule has 0 spiro atoms. The van der Waals surface area contributed by atoms with Crippen LogP contribution in [0.5, 0.6) is 5.75 Å². The highest BCUT2D eigenvalue weighted by molar-refractivity contribution is 5.43. The molecular weight excluding hydrogens is 226 g/mol. The third-order valence-electron chi connectivity index (χ3n) is 3.38. The number of hydrogen-bond donors (Lipinski definition) is 1. The third-order valence-corrected chi connectivity index (χ3v) is 3.38. The highest BCUT2D eigenvalue weighted by Crippen LogP contribution is 2.32. The summed E-state index contributed by atoms with van der Waals surface area (Å²) in [5, 5.41) is 0. The maximum atomic E-state index is 6.35. The summed E-state index contributed by atoms with van der Waals surface area (Å²) in [4.78, 5) is 0. The Labute approximate surface area is 110 Å². The van der Waals surface area contributed by atoms with Crippen LogP contribution >= 0.6 is 0 Å². The van der Waals surface area contributed by atoms with Crippen LogP contribution in [0.1, 0.15) is 43.5 Å². The number of methoxy groups -OCH3 is 1. The summed E-state index contributed by atoms with van der Waals surface area (Å²) in [6.45, 7) is 10.8. The summed E-state index contributed by atoms with van der Waals surface area (Å²) >= 11 is 0. The Bertz CT molecular complexity index is 413. The molecular formula is C15H25NO2. The van der Waals surface area contributed by atoms with E-state index in [1.54, 1.807) is 7.11 Å². The van der Waals surface area contributed by atoms with Crippen LogP contribution in [0.15, 0.2) is 12.1 Å². The molecule has 0 bridgehead atoms. The maximum Gasteiger partial charge on any atom is 0.122 e. The maximum absolute atomic E-state index is 6.35. The number of rotatable bonds is 5. The first-order chi connectivity index (χ1) is 8.33. The second kappa shape index (κ2) is 5.72. The quantitative estimate of drug-likeness (QED) is 0.874. The van der Waals surface area contributed by atoms with E-state index in [1.807, 2.05) is 33.8 Å². The zero-order valence-electron chi connectivity index (χ0n) is 12.3. The van der Waals surface area contributed by atoms with Crippen LogP contribution in [-0.4, -0.2) is 19.3 Å². The molecule has 0 aliphatic carbocycles. The van der Waals surface area contributed by atoms with Crippen LogP contribution in [0.25, 0.3) is 0 Å². The van der Waals surface area contributed by atoms with Gasteiger partial charge in [-0.05, 0) is 57.4 Å². The minimum atomic E-state index is -0.374. The lowest BCUT2D eigenvalue weighted by Crippen LogP contribution is -2.38. The topological polar surface area (TPSA) is 44.5 Å². The van der Waals surface area contributed by atoms with E-state index in [-0.39, 0.29) is 11.6 Å². The van der Waals surface area contributed by atoms with Crippen LogP contribution in [0.2, 0.25) is 0 Å². The predicted molar refractivity (Wildman–Crippen MR) is 75.1 cm³/mol. The molecule has 0 aromatic heterocycles. The first kappa shape index (κ1) is 15.0. The Morgan fingerprint density at radius 2 is 1.83 bits per heavy atom. The minimum Gasteiger partial charge on any atom is -0.496 e. The van der Waals surface area contributed by atoms with Crippen molar-refractivity contribution in [3.05, 3.63) is 28.8 Å². The molecule has 1 rings (SSSR count). The van der Waals surface area contributed by atoms with Gasteiger partial charge in [0.2, 0.25) is 0 Å². The van der Waals surface area contributed by atoms with Crippen molar-refractivity contribution in [3.8, 4) is 5.75 Å². The van der Waals surface area contributed by atoms with Gasteiger partial charge in [-0.1, -0.05) is 6.07 Å². The van der Waals surface area contributed by atoms with Crippen molar-refractivity contribution in [2.75, 3.05) is 13.7 Å². The number of hydrogen-bond acceptors (Lipinski definition) is 3. The molecule has 0 fully saturated rings. The van der Waals surface area contributed by atoms with Gasteiger partial charge in [-0.2, -0.15) is 0 Å². The van der Waals surface area contributed by atoms with Gasteiger partial charge in [-0.15, -0.1) is 0 Å². The Morgan fingerprint density at radius 3 is 2.33 bits per heavy atom. The summed E-state index contributed by atoms with van der Waals surface area (Å²) in [5.41, 5.74) is 9.33. The van der Waals surface area contributed by atoms with Crippen LogP contribution in [0, 0.1) is 13.8 Å². The molecule has 102 valence electrons. The summed E-state index contributed by atoms with van der Waals surface area (Å²) in [7, 11) is 1.69. The van der Waals surface area contributed by atoms with Gasteiger partial charge >= 0.3 is 0 Å². The number of ether oxygens (including phenoxy) is 2. The molecule has 0 saturated heterocycles. The molecule has 3 heteroatoms. The molecule has 0 amide bonds. The number of aryl methyl sites for hydroxylation is 2. The Morgan fingerprint density at radius 1 is 1.22 bits per heavy atom. The molecule has 1 atom stereocenters. The third kappa shape index (κ3) is 3.03. The van der Waals surface area contributed by atoms with Crippen LogP contribution in [-0.2, 0) is 4.74 Å². The molecule has 0 aliphatic rings. The number of nitrogens with two attached hydrogens (primary N) is 1. The lowest BCUT2D eigenvalue weighted by molar-refractivity contribution is -0.0299. The largest absolute Gasteiger partial charge is 0.496 e. The SMILES string of the molecule is CCOC(C)(C)C(N)c1cc(C)c(OC)cc1C. The predicted octanol–water partition coefficient (Wildman–Crippen LogP) is 3.13. The molecule has 1 unspecified atom stereocenters. The molecule has 0 heterocycles. The fourth-order valence-corrected chi connectivity index (χ4v) is 2.20. The fraction of sp³-hybridized carbons (Fsp3) is 0.600. The Kier molecular flexibility index (Phi) is 4.77. The number of benzene rings is 1. The van der Waals surface area contributed by atoms with Crippen molar-refractivity contribution in [1.82, 2.24) is 0 Å². The summed E-state index contributed by atoms with van der Waals surface area (Å²) < 4.78 is 11.1. The van der Waals surface area contributed by atoms with E-state index in [4.69, 9.17) is 15.2 Å². The lowest BCUT2D eigenvalue weighted by atomic mass is 9.88. The molecule has 3 nitrogen and oxygen atoms in total. The second-order valence-electron chi connectivity index (χ2n) is 5.19. The van der Waals surface area contributed by atoms with Gasteiger partial charge in [-0.3, -0.25) is 0 Å². The van der Waals surface area contributed by atoms with Gasteiger partial charge < -0.3 is 15.2 Å². The summed E-state index contributed by atoms with van der Waals surface area (Å²) in [5.74, 6) is 0.901. The van der Waals surface area contributed by atoms with E-state index < -0.39 is 0 Å². The van der Waals surface area contributed by atoms with Gasteiger partial charge in [0.1, 0.15) is 5.75 Å². The van der Waals surface area contributed by atoms with Crippen LogP contribution in [0.4, 0.5) is 0 Å². The molecule has 18 heavy (non-hydrogen) atoms. The summed E-state index contributed by atoms with van der Waals surface area (Å²) in [6, 6.07) is 3.98. The average molecular weight is 251 g/mol. The standard InChI is InChI=1S/C15H25NO2/c1-7-18-15(4,5)14(16)12-8-11(3)13(17-6)9-10(12)2/h8-9,14H,7,16H2,1-6H3. The van der Waals surface area contributed by atoms with E-state index in [2.05, 4.69) is 13.0 Å². The van der Waals surface area contributed by atoms with Crippen molar-refractivity contribution in [2.45, 2.75) is 46.3 Å². The van der Waals surface area contributed by atoms with Gasteiger partial charge in [0.25, 0.3) is 0 Å². The Balaban J connectivity index is 3.13. The van der Waals surface area contributed by atoms with Crippen molar-refractivity contribution in [1.29, 1.82) is 0 Å². The highest BCUT2D eigenvalue weighted by atomic mass is 16.5. The molecule has 1 aromatic carbocycles. The van der Waals surface area contributed by atoms with Crippen molar-refractivity contribution in [2.24, 2.45) is 5.73 Å². The second-order valence-corrected chi connectivity index (χ2v) is 5.19. The smallest absolute Gasteiger partial charge is 0.122 e.